The summed E-state index contributed by atoms with van der Waals surface area (Å²) in [5, 5.41) is 0. The van der Waals surface area contributed by atoms with E-state index in [1.165, 1.54) is 32.1 Å². The molecule has 15 heavy (non-hydrogen) atoms. The van der Waals surface area contributed by atoms with Crippen LogP contribution in [0, 0.1) is 5.92 Å². The molecule has 0 aromatic heterocycles. The predicted octanol–water partition coefficient (Wildman–Crippen LogP) is 3.24. The Morgan fingerprint density at radius 3 is 2.67 bits per heavy atom. The van der Waals surface area contributed by atoms with E-state index in [1.54, 1.807) is 6.08 Å². The molecule has 0 spiro atoms. The molecule has 0 N–H and O–H groups in total. The fourth-order valence-corrected chi connectivity index (χ4v) is 1.97. The molecule has 0 aromatic carbocycles. The molecule has 0 atom stereocenters. The molecule has 1 saturated carbocycles. The molecular weight excluding hydrogens is 188 g/mol. The SMILES string of the molecule is C=CCOC(=O)C(C)=CC1CCCCC1. The summed E-state index contributed by atoms with van der Waals surface area (Å²) < 4.78 is 4.97. The molecule has 1 rings (SSSR count). The van der Waals surface area contributed by atoms with Crippen molar-refractivity contribution in [3.63, 3.8) is 0 Å². The second-order valence-electron chi connectivity index (χ2n) is 4.13. The summed E-state index contributed by atoms with van der Waals surface area (Å²) in [6.45, 7) is 5.64. The van der Waals surface area contributed by atoms with Crippen molar-refractivity contribution in [1.82, 2.24) is 0 Å². The van der Waals surface area contributed by atoms with Crippen LogP contribution in [-0.4, -0.2) is 12.6 Å². The van der Waals surface area contributed by atoms with Crippen LogP contribution >= 0.6 is 0 Å². The van der Waals surface area contributed by atoms with Gasteiger partial charge in [-0.25, -0.2) is 4.79 Å². The molecular formula is C13H20O2. The Morgan fingerprint density at radius 2 is 2.07 bits per heavy atom. The topological polar surface area (TPSA) is 26.3 Å². The van der Waals surface area contributed by atoms with E-state index in [0.29, 0.717) is 12.5 Å². The summed E-state index contributed by atoms with van der Waals surface area (Å²) in [5.41, 5.74) is 0.740. The first kappa shape index (κ1) is 12.0. The maximum Gasteiger partial charge on any atom is 0.333 e. The summed E-state index contributed by atoms with van der Waals surface area (Å²) in [6, 6.07) is 0. The van der Waals surface area contributed by atoms with Gasteiger partial charge < -0.3 is 4.74 Å². The third-order valence-corrected chi connectivity index (χ3v) is 2.79. The number of ether oxygens (including phenoxy) is 1. The Kier molecular flexibility index (Phi) is 5.16. The number of esters is 1. The van der Waals surface area contributed by atoms with E-state index in [9.17, 15) is 4.79 Å². The average molecular weight is 208 g/mol. The zero-order valence-corrected chi connectivity index (χ0v) is 9.50. The molecule has 0 aliphatic heterocycles. The maximum absolute atomic E-state index is 11.4. The van der Waals surface area contributed by atoms with E-state index < -0.39 is 0 Å². The molecule has 2 heteroatoms. The third kappa shape index (κ3) is 4.32. The standard InChI is InChI=1S/C13H20O2/c1-3-9-15-13(14)11(2)10-12-7-5-4-6-8-12/h3,10,12H,1,4-9H2,2H3. The van der Waals surface area contributed by atoms with Crippen LogP contribution in [0.4, 0.5) is 0 Å². The van der Waals surface area contributed by atoms with Gasteiger partial charge in [-0.3, -0.25) is 0 Å². The first-order valence-corrected chi connectivity index (χ1v) is 5.70. The molecule has 0 bridgehead atoms. The highest BCUT2D eigenvalue weighted by Gasteiger charge is 2.13. The van der Waals surface area contributed by atoms with Crippen molar-refractivity contribution >= 4 is 5.97 Å². The Hall–Kier alpha value is -1.05. The zero-order valence-electron chi connectivity index (χ0n) is 9.50. The van der Waals surface area contributed by atoms with Crippen molar-refractivity contribution in [3.8, 4) is 0 Å². The van der Waals surface area contributed by atoms with Gasteiger partial charge in [0.1, 0.15) is 6.61 Å². The lowest BCUT2D eigenvalue weighted by atomic mass is 9.88. The molecule has 0 unspecified atom stereocenters. The Labute approximate surface area is 92.0 Å². The molecule has 84 valence electrons. The summed E-state index contributed by atoms with van der Waals surface area (Å²) in [5.74, 6) is 0.371. The largest absolute Gasteiger partial charge is 0.458 e. The highest BCUT2D eigenvalue weighted by Crippen LogP contribution is 2.25. The molecule has 1 fully saturated rings. The monoisotopic (exact) mass is 208 g/mol. The van der Waals surface area contributed by atoms with Crippen LogP contribution in [0.2, 0.25) is 0 Å². The molecule has 0 radical (unpaired) electrons. The van der Waals surface area contributed by atoms with Crippen molar-refractivity contribution in [2.45, 2.75) is 39.0 Å². The number of carbonyl (C=O) groups is 1. The number of carbonyl (C=O) groups excluding carboxylic acids is 1. The summed E-state index contributed by atoms with van der Waals surface area (Å²) in [6.07, 6.45) is 10.0. The Morgan fingerprint density at radius 1 is 1.40 bits per heavy atom. The van der Waals surface area contributed by atoms with Crippen molar-refractivity contribution in [2.24, 2.45) is 5.92 Å². The lowest BCUT2D eigenvalue weighted by Crippen LogP contribution is -2.09. The minimum Gasteiger partial charge on any atom is -0.458 e. The summed E-state index contributed by atoms with van der Waals surface area (Å²) >= 11 is 0. The third-order valence-electron chi connectivity index (χ3n) is 2.79. The van der Waals surface area contributed by atoms with Crippen LogP contribution in [0.1, 0.15) is 39.0 Å². The van der Waals surface area contributed by atoms with E-state index in [4.69, 9.17) is 4.74 Å². The number of rotatable bonds is 4. The highest BCUT2D eigenvalue weighted by atomic mass is 16.5. The molecule has 1 aliphatic carbocycles. The van der Waals surface area contributed by atoms with E-state index in [1.807, 2.05) is 6.92 Å². The van der Waals surface area contributed by atoms with Gasteiger partial charge in [0.05, 0.1) is 0 Å². The van der Waals surface area contributed by atoms with E-state index in [-0.39, 0.29) is 5.97 Å². The first-order chi connectivity index (χ1) is 7.24. The van der Waals surface area contributed by atoms with E-state index in [2.05, 4.69) is 12.7 Å². The number of allylic oxidation sites excluding steroid dienone is 1. The Balaban J connectivity index is 2.42. The zero-order chi connectivity index (χ0) is 11.1. The van der Waals surface area contributed by atoms with Crippen LogP contribution in [-0.2, 0) is 9.53 Å². The quantitative estimate of drug-likeness (QED) is 0.403. The van der Waals surface area contributed by atoms with Gasteiger partial charge in [0.2, 0.25) is 0 Å². The normalized spacial score (nSPS) is 18.6. The fourth-order valence-electron chi connectivity index (χ4n) is 1.97. The van der Waals surface area contributed by atoms with Gasteiger partial charge in [-0.2, -0.15) is 0 Å². The van der Waals surface area contributed by atoms with Gasteiger partial charge in [-0.15, -0.1) is 0 Å². The van der Waals surface area contributed by atoms with Crippen molar-refractivity contribution in [3.05, 3.63) is 24.3 Å². The van der Waals surface area contributed by atoms with Crippen LogP contribution in [0.5, 0.6) is 0 Å². The van der Waals surface area contributed by atoms with Gasteiger partial charge >= 0.3 is 5.97 Å². The predicted molar refractivity (Wildman–Crippen MR) is 61.5 cm³/mol. The van der Waals surface area contributed by atoms with Gasteiger partial charge in [-0.1, -0.05) is 38.0 Å². The average Bonchev–Trinajstić information content (AvgIpc) is 2.27. The van der Waals surface area contributed by atoms with Gasteiger partial charge in [0, 0.05) is 5.57 Å². The van der Waals surface area contributed by atoms with E-state index >= 15 is 0 Å². The molecule has 0 amide bonds. The van der Waals surface area contributed by atoms with Gasteiger partial charge in [0.25, 0.3) is 0 Å². The maximum atomic E-state index is 11.4. The molecule has 2 nitrogen and oxygen atoms in total. The van der Waals surface area contributed by atoms with Crippen molar-refractivity contribution in [2.75, 3.05) is 6.61 Å². The van der Waals surface area contributed by atoms with E-state index in [0.717, 1.165) is 5.57 Å². The second-order valence-corrected chi connectivity index (χ2v) is 4.13. The number of hydrogen-bond donors (Lipinski definition) is 0. The van der Waals surface area contributed by atoms with Crippen molar-refractivity contribution < 1.29 is 9.53 Å². The van der Waals surface area contributed by atoms with Crippen LogP contribution in [0.3, 0.4) is 0 Å². The lowest BCUT2D eigenvalue weighted by molar-refractivity contribution is -0.137. The minimum atomic E-state index is -0.208. The van der Waals surface area contributed by atoms with Crippen LogP contribution in [0.15, 0.2) is 24.3 Å². The molecule has 0 aromatic rings. The highest BCUT2D eigenvalue weighted by molar-refractivity contribution is 5.87. The van der Waals surface area contributed by atoms with Crippen LogP contribution in [0.25, 0.3) is 0 Å². The molecule has 0 heterocycles. The van der Waals surface area contributed by atoms with Crippen molar-refractivity contribution in [1.29, 1.82) is 0 Å². The Bertz CT molecular complexity index is 247. The smallest absolute Gasteiger partial charge is 0.333 e. The van der Waals surface area contributed by atoms with Crippen LogP contribution < -0.4 is 0 Å². The lowest BCUT2D eigenvalue weighted by Gasteiger charge is -2.18. The van der Waals surface area contributed by atoms with Gasteiger partial charge in [0.15, 0.2) is 0 Å². The second kappa shape index (κ2) is 6.44. The van der Waals surface area contributed by atoms with Gasteiger partial charge in [-0.05, 0) is 25.7 Å². The summed E-state index contributed by atoms with van der Waals surface area (Å²) in [7, 11) is 0. The molecule has 0 saturated heterocycles. The number of hydrogen-bond acceptors (Lipinski definition) is 2. The fraction of sp³-hybridized carbons (Fsp3) is 0.615. The summed E-state index contributed by atoms with van der Waals surface area (Å²) in [4.78, 5) is 11.4. The first-order valence-electron chi connectivity index (χ1n) is 5.70. The molecule has 1 aliphatic rings. The minimum absolute atomic E-state index is 0.208.